The minimum absolute atomic E-state index is 0.0300. The summed E-state index contributed by atoms with van der Waals surface area (Å²) in [5.74, 6) is -0.323. The summed E-state index contributed by atoms with van der Waals surface area (Å²) in [6.45, 7) is 3.58. The van der Waals surface area contributed by atoms with E-state index in [2.05, 4.69) is 5.32 Å². The number of aromatic hydroxyl groups is 1. The number of phenolic OH excluding ortho intramolecular Hbond substituents is 1. The lowest BCUT2D eigenvalue weighted by molar-refractivity contribution is -0.118. The quantitative estimate of drug-likeness (QED) is 0.763. The number of rotatable bonds is 6. The summed E-state index contributed by atoms with van der Waals surface area (Å²) in [7, 11) is 1.52. The van der Waals surface area contributed by atoms with Crippen LogP contribution in [0.2, 0.25) is 0 Å². The Balaban J connectivity index is 2.97. The number of carbonyl (C=O) groups is 2. The fourth-order valence-electron chi connectivity index (χ4n) is 1.82. The first-order chi connectivity index (χ1) is 8.95. The lowest BCUT2D eigenvalue weighted by Crippen LogP contribution is -2.22. The van der Waals surface area contributed by atoms with Crippen molar-refractivity contribution < 1.29 is 19.4 Å². The maximum atomic E-state index is 11.5. The molecule has 0 aliphatic carbocycles. The van der Waals surface area contributed by atoms with Crippen molar-refractivity contribution in [2.45, 2.75) is 26.9 Å². The number of ether oxygens (including phenoxy) is 1. The summed E-state index contributed by atoms with van der Waals surface area (Å²) in [4.78, 5) is 22.3. The maximum absolute atomic E-state index is 11.5. The monoisotopic (exact) mass is 265 g/mol. The van der Waals surface area contributed by atoms with Crippen molar-refractivity contribution in [2.24, 2.45) is 0 Å². The number of ketones is 1. The van der Waals surface area contributed by atoms with Gasteiger partial charge in [0.05, 0.1) is 12.2 Å². The van der Waals surface area contributed by atoms with Gasteiger partial charge in [0.2, 0.25) is 5.91 Å². The van der Waals surface area contributed by atoms with Gasteiger partial charge in [-0.15, -0.1) is 0 Å². The van der Waals surface area contributed by atoms with E-state index in [0.29, 0.717) is 18.5 Å². The molecule has 0 aliphatic heterocycles. The molecule has 0 spiro atoms. The predicted molar refractivity (Wildman–Crippen MR) is 71.2 cm³/mol. The van der Waals surface area contributed by atoms with Crippen LogP contribution in [0.4, 0.5) is 0 Å². The smallest absolute Gasteiger partial charge is 0.216 e. The third-order valence-corrected chi connectivity index (χ3v) is 2.72. The Labute approximate surface area is 112 Å². The van der Waals surface area contributed by atoms with Gasteiger partial charge in [-0.25, -0.2) is 0 Å². The zero-order valence-electron chi connectivity index (χ0n) is 11.4. The molecule has 0 bridgehead atoms. The van der Waals surface area contributed by atoms with Crippen molar-refractivity contribution in [3.8, 4) is 5.75 Å². The van der Waals surface area contributed by atoms with Gasteiger partial charge < -0.3 is 15.2 Å². The van der Waals surface area contributed by atoms with Crippen LogP contribution >= 0.6 is 0 Å². The van der Waals surface area contributed by atoms with Gasteiger partial charge in [0.15, 0.2) is 5.78 Å². The van der Waals surface area contributed by atoms with E-state index in [9.17, 15) is 14.7 Å². The van der Waals surface area contributed by atoms with E-state index in [1.54, 1.807) is 12.1 Å². The number of benzene rings is 1. The lowest BCUT2D eigenvalue weighted by Gasteiger charge is -2.11. The normalized spacial score (nSPS) is 10.3. The van der Waals surface area contributed by atoms with Crippen LogP contribution in [0.5, 0.6) is 5.75 Å². The zero-order valence-corrected chi connectivity index (χ0v) is 11.4. The number of hydrogen-bond donors (Lipinski definition) is 2. The Bertz CT molecular complexity index is 483. The highest BCUT2D eigenvalue weighted by atomic mass is 16.5. The minimum Gasteiger partial charge on any atom is -0.507 e. The van der Waals surface area contributed by atoms with Crippen LogP contribution < -0.4 is 5.32 Å². The first-order valence-electron chi connectivity index (χ1n) is 6.04. The number of phenols is 1. The van der Waals surface area contributed by atoms with E-state index in [-0.39, 0.29) is 29.6 Å². The molecule has 0 aliphatic rings. The Hall–Kier alpha value is -1.88. The van der Waals surface area contributed by atoms with E-state index in [1.807, 2.05) is 0 Å². The van der Waals surface area contributed by atoms with Gasteiger partial charge in [-0.2, -0.15) is 0 Å². The topological polar surface area (TPSA) is 75.6 Å². The standard InChI is InChI=1S/C14H19NO4/c1-9(16)13-7-11(4-5-15-10(2)17)6-12(8-19-3)14(13)18/h6-7,18H,4-5,8H2,1-3H3,(H,15,17). The molecular formula is C14H19NO4. The zero-order chi connectivity index (χ0) is 14.4. The predicted octanol–water partition coefficient (Wildman–Crippen LogP) is 1.42. The first kappa shape index (κ1) is 15.2. The molecule has 0 heterocycles. The summed E-state index contributed by atoms with van der Waals surface area (Å²) in [6, 6.07) is 3.44. The van der Waals surface area contributed by atoms with E-state index in [1.165, 1.54) is 21.0 Å². The molecule has 0 unspecified atom stereocenters. The fraction of sp³-hybridized carbons (Fsp3) is 0.429. The van der Waals surface area contributed by atoms with Gasteiger partial charge in [0.25, 0.3) is 0 Å². The number of nitrogens with one attached hydrogen (secondary N) is 1. The van der Waals surface area contributed by atoms with Crippen LogP contribution in [0, 0.1) is 0 Å². The summed E-state index contributed by atoms with van der Waals surface area (Å²) < 4.78 is 5.00. The average molecular weight is 265 g/mol. The van der Waals surface area contributed by atoms with Crippen LogP contribution in [0.25, 0.3) is 0 Å². The average Bonchev–Trinajstić information content (AvgIpc) is 2.32. The molecule has 1 amide bonds. The summed E-state index contributed by atoms with van der Waals surface area (Å²) in [6.07, 6.45) is 0.594. The van der Waals surface area contributed by atoms with Crippen LogP contribution in [-0.2, 0) is 22.6 Å². The summed E-state index contributed by atoms with van der Waals surface area (Å²) in [5, 5.41) is 12.6. The Morgan fingerprint density at radius 3 is 2.53 bits per heavy atom. The van der Waals surface area contributed by atoms with Crippen molar-refractivity contribution in [3.05, 3.63) is 28.8 Å². The van der Waals surface area contributed by atoms with E-state index < -0.39 is 0 Å². The highest BCUT2D eigenvalue weighted by Gasteiger charge is 2.13. The van der Waals surface area contributed by atoms with Gasteiger partial charge in [-0.3, -0.25) is 9.59 Å². The molecule has 0 saturated carbocycles. The van der Waals surface area contributed by atoms with Crippen molar-refractivity contribution in [1.82, 2.24) is 5.32 Å². The highest BCUT2D eigenvalue weighted by molar-refractivity contribution is 5.97. The second-order valence-corrected chi connectivity index (χ2v) is 4.37. The SMILES string of the molecule is COCc1cc(CCNC(C)=O)cc(C(C)=O)c1O. The molecule has 1 rings (SSSR count). The molecule has 19 heavy (non-hydrogen) atoms. The number of Topliss-reactive ketones (excluding diaryl/α,β-unsaturated/α-hetero) is 1. The van der Waals surface area contributed by atoms with E-state index in [4.69, 9.17) is 4.74 Å². The molecule has 1 aromatic rings. The second kappa shape index (κ2) is 6.89. The Kier molecular flexibility index (Phi) is 5.51. The van der Waals surface area contributed by atoms with Crippen molar-refractivity contribution in [1.29, 1.82) is 0 Å². The molecule has 104 valence electrons. The van der Waals surface area contributed by atoms with Crippen LogP contribution in [0.3, 0.4) is 0 Å². The number of amides is 1. The van der Waals surface area contributed by atoms with Crippen LogP contribution in [0.15, 0.2) is 12.1 Å². The molecule has 5 heteroatoms. The summed E-state index contributed by atoms with van der Waals surface area (Å²) in [5.41, 5.74) is 1.74. The van der Waals surface area contributed by atoms with Crippen LogP contribution in [-0.4, -0.2) is 30.5 Å². The first-order valence-corrected chi connectivity index (χ1v) is 6.04. The fourth-order valence-corrected chi connectivity index (χ4v) is 1.82. The third kappa shape index (κ3) is 4.37. The molecule has 0 saturated heterocycles. The minimum atomic E-state index is -0.198. The highest BCUT2D eigenvalue weighted by Crippen LogP contribution is 2.26. The van der Waals surface area contributed by atoms with Gasteiger partial charge in [-0.1, -0.05) is 0 Å². The van der Waals surface area contributed by atoms with Crippen LogP contribution in [0.1, 0.15) is 35.3 Å². The van der Waals surface area contributed by atoms with Gasteiger partial charge in [-0.05, 0) is 31.0 Å². The maximum Gasteiger partial charge on any atom is 0.216 e. The van der Waals surface area contributed by atoms with Crippen molar-refractivity contribution in [2.75, 3.05) is 13.7 Å². The van der Waals surface area contributed by atoms with Gasteiger partial charge >= 0.3 is 0 Å². The van der Waals surface area contributed by atoms with Gasteiger partial charge in [0, 0.05) is 26.1 Å². The number of carbonyl (C=O) groups excluding carboxylic acids is 2. The molecule has 0 aromatic heterocycles. The molecular weight excluding hydrogens is 246 g/mol. The summed E-state index contributed by atoms with van der Waals surface area (Å²) >= 11 is 0. The molecule has 1 aromatic carbocycles. The number of hydrogen-bond acceptors (Lipinski definition) is 4. The molecule has 5 nitrogen and oxygen atoms in total. The molecule has 0 atom stereocenters. The third-order valence-electron chi connectivity index (χ3n) is 2.72. The Morgan fingerprint density at radius 2 is 2.00 bits per heavy atom. The molecule has 0 fully saturated rings. The molecule has 2 N–H and O–H groups in total. The molecule has 0 radical (unpaired) electrons. The van der Waals surface area contributed by atoms with Crippen molar-refractivity contribution >= 4 is 11.7 Å². The van der Waals surface area contributed by atoms with Crippen molar-refractivity contribution in [3.63, 3.8) is 0 Å². The van der Waals surface area contributed by atoms with E-state index in [0.717, 1.165) is 5.56 Å². The van der Waals surface area contributed by atoms with Gasteiger partial charge in [0.1, 0.15) is 5.75 Å². The second-order valence-electron chi connectivity index (χ2n) is 4.37. The van der Waals surface area contributed by atoms with E-state index >= 15 is 0 Å². The lowest BCUT2D eigenvalue weighted by atomic mass is 10.00. The number of methoxy groups -OCH3 is 1. The largest absolute Gasteiger partial charge is 0.507 e. The Morgan fingerprint density at radius 1 is 1.32 bits per heavy atom.